The van der Waals surface area contributed by atoms with Gasteiger partial charge in [-0.25, -0.2) is 0 Å². The Labute approximate surface area is 127 Å². The Hall–Kier alpha value is -1.67. The molecule has 3 rings (SSSR count). The van der Waals surface area contributed by atoms with E-state index in [0.29, 0.717) is 5.92 Å². The SMILES string of the molecule is CC1=C[C@@]2(C)CN(Cc3ccccc3)CC[C@H]2C(C=O)=C1. The quantitative estimate of drug-likeness (QED) is 0.789. The van der Waals surface area contributed by atoms with Crippen LogP contribution in [0, 0.1) is 11.3 Å². The summed E-state index contributed by atoms with van der Waals surface area (Å²) in [5.41, 5.74) is 3.65. The molecule has 0 radical (unpaired) electrons. The van der Waals surface area contributed by atoms with Crippen molar-refractivity contribution < 1.29 is 4.79 Å². The third kappa shape index (κ3) is 2.86. The molecule has 0 bridgehead atoms. The highest BCUT2D eigenvalue weighted by atomic mass is 16.1. The predicted octanol–water partition coefficient (Wildman–Crippen LogP) is 3.60. The number of nitrogens with zero attached hydrogens (tertiary/aromatic N) is 1. The lowest BCUT2D eigenvalue weighted by atomic mass is 9.65. The Morgan fingerprint density at radius 2 is 2.10 bits per heavy atom. The van der Waals surface area contributed by atoms with Gasteiger partial charge in [0.05, 0.1) is 0 Å². The molecule has 0 saturated carbocycles. The van der Waals surface area contributed by atoms with E-state index < -0.39 is 0 Å². The normalized spacial score (nSPS) is 29.3. The van der Waals surface area contributed by atoms with Gasteiger partial charge in [-0.1, -0.05) is 55.0 Å². The summed E-state index contributed by atoms with van der Waals surface area (Å²) in [6, 6.07) is 10.6. The van der Waals surface area contributed by atoms with E-state index in [1.165, 1.54) is 11.1 Å². The summed E-state index contributed by atoms with van der Waals surface area (Å²) in [4.78, 5) is 13.9. The molecule has 1 heterocycles. The number of allylic oxidation sites excluding steroid dienone is 3. The first-order valence-electron chi connectivity index (χ1n) is 7.73. The summed E-state index contributed by atoms with van der Waals surface area (Å²) in [6.07, 6.45) is 6.55. The fourth-order valence-corrected chi connectivity index (χ4v) is 4.02. The number of carbonyl (C=O) groups excluding carboxylic acids is 1. The van der Waals surface area contributed by atoms with Crippen LogP contribution in [0.25, 0.3) is 0 Å². The van der Waals surface area contributed by atoms with E-state index >= 15 is 0 Å². The second kappa shape index (κ2) is 5.61. The zero-order chi connectivity index (χ0) is 14.9. The van der Waals surface area contributed by atoms with Crippen molar-refractivity contribution in [2.45, 2.75) is 26.8 Å². The highest BCUT2D eigenvalue weighted by Gasteiger charge is 2.41. The Balaban J connectivity index is 1.78. The van der Waals surface area contributed by atoms with Crippen molar-refractivity contribution in [2.75, 3.05) is 13.1 Å². The van der Waals surface area contributed by atoms with Crippen LogP contribution in [0.5, 0.6) is 0 Å². The molecule has 0 N–H and O–H groups in total. The fraction of sp³-hybridized carbons (Fsp3) is 0.421. The van der Waals surface area contributed by atoms with Crippen LogP contribution in [0.2, 0.25) is 0 Å². The fourth-order valence-electron chi connectivity index (χ4n) is 4.02. The average Bonchev–Trinajstić information content (AvgIpc) is 2.46. The van der Waals surface area contributed by atoms with Crippen LogP contribution in [-0.4, -0.2) is 24.3 Å². The van der Waals surface area contributed by atoms with Crippen molar-refractivity contribution in [3.05, 3.63) is 59.2 Å². The first-order valence-corrected chi connectivity index (χ1v) is 7.73. The molecule has 0 unspecified atom stereocenters. The van der Waals surface area contributed by atoms with Gasteiger partial charge in [0.1, 0.15) is 6.29 Å². The first kappa shape index (κ1) is 14.3. The molecule has 2 aliphatic rings. The standard InChI is InChI=1S/C19H23NO/c1-15-10-17(13-21)18-8-9-20(14-19(18,2)11-15)12-16-6-4-3-5-7-16/h3-7,10-11,13,18H,8-9,12,14H2,1-2H3/t18-,19-/m0/s1. The van der Waals surface area contributed by atoms with E-state index in [2.05, 4.69) is 61.2 Å². The van der Waals surface area contributed by atoms with Gasteiger partial charge in [0.15, 0.2) is 0 Å². The van der Waals surface area contributed by atoms with Crippen LogP contribution in [-0.2, 0) is 11.3 Å². The van der Waals surface area contributed by atoms with Gasteiger partial charge >= 0.3 is 0 Å². The number of hydrogen-bond acceptors (Lipinski definition) is 2. The molecular weight excluding hydrogens is 258 g/mol. The van der Waals surface area contributed by atoms with Crippen molar-refractivity contribution >= 4 is 6.29 Å². The lowest BCUT2D eigenvalue weighted by Gasteiger charge is -2.47. The molecule has 2 heteroatoms. The van der Waals surface area contributed by atoms with Gasteiger partial charge in [0.25, 0.3) is 0 Å². The molecule has 110 valence electrons. The van der Waals surface area contributed by atoms with E-state index in [4.69, 9.17) is 0 Å². The summed E-state index contributed by atoms with van der Waals surface area (Å²) in [5.74, 6) is 0.380. The van der Waals surface area contributed by atoms with Gasteiger partial charge in [0, 0.05) is 18.5 Å². The number of rotatable bonds is 3. The Morgan fingerprint density at radius 1 is 1.33 bits per heavy atom. The van der Waals surface area contributed by atoms with Crippen LogP contribution in [0.15, 0.2) is 53.6 Å². The summed E-state index contributed by atoms with van der Waals surface area (Å²) < 4.78 is 0. The Bertz CT molecular complexity index is 587. The van der Waals surface area contributed by atoms with Crippen LogP contribution >= 0.6 is 0 Å². The molecule has 21 heavy (non-hydrogen) atoms. The van der Waals surface area contributed by atoms with Gasteiger partial charge in [0.2, 0.25) is 0 Å². The monoisotopic (exact) mass is 281 g/mol. The summed E-state index contributed by atoms with van der Waals surface area (Å²) >= 11 is 0. The van der Waals surface area contributed by atoms with Crippen LogP contribution < -0.4 is 0 Å². The minimum Gasteiger partial charge on any atom is -0.298 e. The lowest BCUT2D eigenvalue weighted by molar-refractivity contribution is -0.106. The zero-order valence-corrected chi connectivity index (χ0v) is 12.9. The largest absolute Gasteiger partial charge is 0.298 e. The van der Waals surface area contributed by atoms with E-state index in [9.17, 15) is 4.79 Å². The number of fused-ring (bicyclic) bond motifs is 1. The number of benzene rings is 1. The highest BCUT2D eigenvalue weighted by molar-refractivity contribution is 5.76. The molecule has 1 fully saturated rings. The summed E-state index contributed by atoms with van der Waals surface area (Å²) in [7, 11) is 0. The smallest absolute Gasteiger partial charge is 0.146 e. The van der Waals surface area contributed by atoms with Crippen molar-refractivity contribution in [3.8, 4) is 0 Å². The van der Waals surface area contributed by atoms with E-state index in [1.807, 2.05) is 0 Å². The topological polar surface area (TPSA) is 20.3 Å². The maximum absolute atomic E-state index is 11.4. The maximum Gasteiger partial charge on any atom is 0.146 e. The molecule has 1 aliphatic carbocycles. The van der Waals surface area contributed by atoms with Gasteiger partial charge in [-0.2, -0.15) is 0 Å². The number of piperidine rings is 1. The Kier molecular flexibility index (Phi) is 3.81. The minimum atomic E-state index is 0.0854. The minimum absolute atomic E-state index is 0.0854. The van der Waals surface area contributed by atoms with Crippen molar-refractivity contribution in [3.63, 3.8) is 0 Å². The molecule has 1 aromatic carbocycles. The zero-order valence-electron chi connectivity index (χ0n) is 12.9. The molecule has 1 aromatic rings. The molecular formula is C19H23NO. The number of hydrogen-bond donors (Lipinski definition) is 0. The third-order valence-corrected chi connectivity index (χ3v) is 4.83. The first-order chi connectivity index (χ1) is 10.1. The summed E-state index contributed by atoms with van der Waals surface area (Å²) in [6.45, 7) is 7.48. The molecule has 2 atom stereocenters. The molecule has 2 nitrogen and oxygen atoms in total. The number of likely N-dealkylation sites (tertiary alicyclic amines) is 1. The second-order valence-electron chi connectivity index (χ2n) is 6.69. The van der Waals surface area contributed by atoms with E-state index in [1.54, 1.807) is 0 Å². The summed E-state index contributed by atoms with van der Waals surface area (Å²) in [5, 5.41) is 0. The van der Waals surface area contributed by atoms with E-state index in [-0.39, 0.29) is 5.41 Å². The van der Waals surface area contributed by atoms with Gasteiger partial charge < -0.3 is 0 Å². The van der Waals surface area contributed by atoms with Gasteiger partial charge in [-0.05, 0) is 36.9 Å². The Morgan fingerprint density at radius 3 is 2.81 bits per heavy atom. The molecule has 1 aliphatic heterocycles. The van der Waals surface area contributed by atoms with Crippen LogP contribution in [0.4, 0.5) is 0 Å². The van der Waals surface area contributed by atoms with Crippen molar-refractivity contribution in [1.29, 1.82) is 0 Å². The van der Waals surface area contributed by atoms with Crippen molar-refractivity contribution in [1.82, 2.24) is 4.90 Å². The third-order valence-electron chi connectivity index (χ3n) is 4.83. The van der Waals surface area contributed by atoms with Crippen LogP contribution in [0.1, 0.15) is 25.8 Å². The second-order valence-corrected chi connectivity index (χ2v) is 6.69. The van der Waals surface area contributed by atoms with Crippen LogP contribution in [0.3, 0.4) is 0 Å². The highest BCUT2D eigenvalue weighted by Crippen LogP contribution is 2.44. The molecule has 1 saturated heterocycles. The number of carbonyl (C=O) groups is 1. The number of aldehydes is 1. The predicted molar refractivity (Wildman–Crippen MR) is 85.8 cm³/mol. The molecule has 0 amide bonds. The lowest BCUT2D eigenvalue weighted by Crippen LogP contribution is -2.47. The van der Waals surface area contributed by atoms with Crippen molar-refractivity contribution in [2.24, 2.45) is 11.3 Å². The molecule has 0 aromatic heterocycles. The average molecular weight is 281 g/mol. The van der Waals surface area contributed by atoms with Gasteiger partial charge in [-0.3, -0.25) is 9.69 Å². The van der Waals surface area contributed by atoms with Gasteiger partial charge in [-0.15, -0.1) is 0 Å². The van der Waals surface area contributed by atoms with E-state index in [0.717, 1.165) is 37.9 Å². The molecule has 0 spiro atoms. The maximum atomic E-state index is 11.4.